The standard InChI is InChI=1S/C15H14ClFN2O3S/c16-11-6-7-14(12(17)9-11)23(21,22)19-13(15(18)20)8-10-4-2-1-3-5-10/h1-7,9,13,19H,8H2,(H2,18,20). The maximum absolute atomic E-state index is 13.8. The van der Waals surface area contributed by atoms with Crippen LogP contribution >= 0.6 is 11.6 Å². The van der Waals surface area contributed by atoms with Gasteiger partial charge in [0.25, 0.3) is 0 Å². The van der Waals surface area contributed by atoms with E-state index in [1.54, 1.807) is 30.3 Å². The van der Waals surface area contributed by atoms with Crippen molar-refractivity contribution in [1.82, 2.24) is 4.72 Å². The fourth-order valence-corrected chi connectivity index (χ4v) is 3.42. The number of sulfonamides is 1. The summed E-state index contributed by atoms with van der Waals surface area (Å²) in [7, 11) is -4.26. The summed E-state index contributed by atoms with van der Waals surface area (Å²) in [4.78, 5) is 10.9. The van der Waals surface area contributed by atoms with E-state index < -0.39 is 32.7 Å². The molecule has 0 aliphatic rings. The number of benzene rings is 2. The predicted molar refractivity (Wildman–Crippen MR) is 84.9 cm³/mol. The van der Waals surface area contributed by atoms with Gasteiger partial charge >= 0.3 is 0 Å². The highest BCUT2D eigenvalue weighted by Gasteiger charge is 2.26. The highest BCUT2D eigenvalue weighted by molar-refractivity contribution is 7.89. The topological polar surface area (TPSA) is 89.3 Å². The van der Waals surface area contributed by atoms with Crippen molar-refractivity contribution < 1.29 is 17.6 Å². The third-order valence-electron chi connectivity index (χ3n) is 3.11. The van der Waals surface area contributed by atoms with Gasteiger partial charge in [0, 0.05) is 5.02 Å². The Kier molecular flexibility index (Phi) is 5.35. The van der Waals surface area contributed by atoms with Gasteiger partial charge in [-0.15, -0.1) is 0 Å². The van der Waals surface area contributed by atoms with Gasteiger partial charge in [-0.05, 0) is 30.2 Å². The third-order valence-corrected chi connectivity index (χ3v) is 4.85. The quantitative estimate of drug-likeness (QED) is 0.827. The van der Waals surface area contributed by atoms with Crippen molar-refractivity contribution in [2.24, 2.45) is 5.73 Å². The van der Waals surface area contributed by atoms with Crippen LogP contribution in [0, 0.1) is 5.82 Å². The molecule has 3 N–H and O–H groups in total. The van der Waals surface area contributed by atoms with Crippen LogP contribution in [0.5, 0.6) is 0 Å². The largest absolute Gasteiger partial charge is 0.368 e. The monoisotopic (exact) mass is 356 g/mol. The minimum Gasteiger partial charge on any atom is -0.368 e. The van der Waals surface area contributed by atoms with Crippen LogP contribution < -0.4 is 10.5 Å². The molecule has 0 aliphatic carbocycles. The average molecular weight is 357 g/mol. The van der Waals surface area contributed by atoms with Gasteiger partial charge in [-0.25, -0.2) is 12.8 Å². The fourth-order valence-electron chi connectivity index (χ4n) is 1.99. The first-order valence-corrected chi connectivity index (χ1v) is 8.46. The highest BCUT2D eigenvalue weighted by atomic mass is 35.5. The first kappa shape index (κ1) is 17.4. The molecule has 2 aromatic carbocycles. The summed E-state index contributed by atoms with van der Waals surface area (Å²) < 4.78 is 40.5. The molecule has 0 saturated heterocycles. The highest BCUT2D eigenvalue weighted by Crippen LogP contribution is 2.19. The van der Waals surface area contributed by atoms with E-state index in [1.165, 1.54) is 6.07 Å². The maximum Gasteiger partial charge on any atom is 0.244 e. The van der Waals surface area contributed by atoms with Crippen molar-refractivity contribution in [2.75, 3.05) is 0 Å². The second kappa shape index (κ2) is 7.08. The summed E-state index contributed by atoms with van der Waals surface area (Å²) in [6.45, 7) is 0. The maximum atomic E-state index is 13.8. The zero-order valence-electron chi connectivity index (χ0n) is 11.9. The lowest BCUT2D eigenvalue weighted by molar-refractivity contribution is -0.119. The second-order valence-electron chi connectivity index (χ2n) is 4.84. The molecule has 8 heteroatoms. The van der Waals surface area contributed by atoms with Gasteiger partial charge in [-0.3, -0.25) is 4.79 Å². The lowest BCUT2D eigenvalue weighted by Crippen LogP contribution is -2.45. The molecule has 0 spiro atoms. The van der Waals surface area contributed by atoms with E-state index in [-0.39, 0.29) is 11.4 Å². The minimum absolute atomic E-state index is 0.0601. The molecule has 0 heterocycles. The van der Waals surface area contributed by atoms with Crippen LogP contribution in [0.4, 0.5) is 4.39 Å². The third kappa shape index (κ3) is 4.51. The number of carbonyl (C=O) groups is 1. The SMILES string of the molecule is NC(=O)C(Cc1ccccc1)NS(=O)(=O)c1ccc(Cl)cc1F. The molecule has 1 unspecified atom stereocenters. The fraction of sp³-hybridized carbons (Fsp3) is 0.133. The number of amides is 1. The van der Waals surface area contributed by atoms with Gasteiger partial charge in [0.1, 0.15) is 16.8 Å². The molecule has 1 amide bonds. The first-order chi connectivity index (χ1) is 10.8. The van der Waals surface area contributed by atoms with Crippen LogP contribution in [-0.4, -0.2) is 20.4 Å². The first-order valence-electron chi connectivity index (χ1n) is 6.60. The normalized spacial score (nSPS) is 12.8. The van der Waals surface area contributed by atoms with Crippen molar-refractivity contribution in [1.29, 1.82) is 0 Å². The number of rotatable bonds is 6. The molecule has 0 radical (unpaired) electrons. The van der Waals surface area contributed by atoms with E-state index in [4.69, 9.17) is 17.3 Å². The molecule has 5 nitrogen and oxygen atoms in total. The van der Waals surface area contributed by atoms with Crippen molar-refractivity contribution in [3.63, 3.8) is 0 Å². The second-order valence-corrected chi connectivity index (χ2v) is 6.96. The van der Waals surface area contributed by atoms with Crippen LogP contribution in [0.1, 0.15) is 5.56 Å². The smallest absolute Gasteiger partial charge is 0.244 e. The molecular weight excluding hydrogens is 343 g/mol. The molecule has 2 rings (SSSR count). The van der Waals surface area contributed by atoms with E-state index in [0.29, 0.717) is 0 Å². The van der Waals surface area contributed by atoms with Crippen LogP contribution in [0.25, 0.3) is 0 Å². The number of carbonyl (C=O) groups excluding carboxylic acids is 1. The molecule has 122 valence electrons. The molecule has 23 heavy (non-hydrogen) atoms. The van der Waals surface area contributed by atoms with Gasteiger partial charge < -0.3 is 5.73 Å². The zero-order chi connectivity index (χ0) is 17.0. The summed E-state index contributed by atoms with van der Waals surface area (Å²) in [5.74, 6) is -1.86. The van der Waals surface area contributed by atoms with E-state index >= 15 is 0 Å². The Balaban J connectivity index is 2.26. The lowest BCUT2D eigenvalue weighted by Gasteiger charge is -2.16. The molecule has 1 atom stereocenters. The number of hydrogen-bond donors (Lipinski definition) is 2. The van der Waals surface area contributed by atoms with Gasteiger partial charge in [0.2, 0.25) is 15.9 Å². The van der Waals surface area contributed by atoms with Gasteiger partial charge in [-0.1, -0.05) is 41.9 Å². The molecule has 0 fully saturated rings. The van der Waals surface area contributed by atoms with E-state index in [9.17, 15) is 17.6 Å². The molecule has 0 aliphatic heterocycles. The van der Waals surface area contributed by atoms with E-state index in [0.717, 1.165) is 17.7 Å². The Morgan fingerprint density at radius 3 is 2.43 bits per heavy atom. The van der Waals surface area contributed by atoms with Crippen molar-refractivity contribution in [2.45, 2.75) is 17.4 Å². The van der Waals surface area contributed by atoms with E-state index in [1.807, 2.05) is 0 Å². The Labute approximate surface area is 138 Å². The van der Waals surface area contributed by atoms with E-state index in [2.05, 4.69) is 4.72 Å². The molecule has 0 bridgehead atoms. The summed E-state index contributed by atoms with van der Waals surface area (Å²) in [6, 6.07) is 10.7. The van der Waals surface area contributed by atoms with Crippen molar-refractivity contribution >= 4 is 27.5 Å². The van der Waals surface area contributed by atoms with Crippen molar-refractivity contribution in [3.05, 3.63) is 64.9 Å². The summed E-state index contributed by atoms with van der Waals surface area (Å²) in [6.07, 6.45) is 0.0601. The Bertz CT molecular complexity index is 813. The molecule has 0 saturated carbocycles. The number of halogens is 2. The predicted octanol–water partition coefficient (Wildman–Crippen LogP) is 1.85. The number of hydrogen-bond acceptors (Lipinski definition) is 3. The van der Waals surface area contributed by atoms with Crippen LogP contribution in [0.3, 0.4) is 0 Å². The van der Waals surface area contributed by atoms with Gasteiger partial charge in [-0.2, -0.15) is 4.72 Å². The van der Waals surface area contributed by atoms with Gasteiger partial charge in [0.15, 0.2) is 0 Å². The summed E-state index contributed by atoms with van der Waals surface area (Å²) >= 11 is 5.60. The Morgan fingerprint density at radius 1 is 1.22 bits per heavy atom. The number of nitrogens with one attached hydrogen (secondary N) is 1. The Morgan fingerprint density at radius 2 is 1.87 bits per heavy atom. The molecule has 2 aromatic rings. The van der Waals surface area contributed by atoms with Crippen LogP contribution in [0.15, 0.2) is 53.4 Å². The van der Waals surface area contributed by atoms with Gasteiger partial charge in [0.05, 0.1) is 0 Å². The van der Waals surface area contributed by atoms with Crippen molar-refractivity contribution in [3.8, 4) is 0 Å². The number of nitrogens with two attached hydrogens (primary N) is 1. The Hall–Kier alpha value is -1.96. The molecular formula is C15H14ClFN2O3S. The molecule has 0 aromatic heterocycles. The minimum atomic E-state index is -4.26. The number of primary amides is 1. The lowest BCUT2D eigenvalue weighted by atomic mass is 10.1. The average Bonchev–Trinajstić information content (AvgIpc) is 2.46. The summed E-state index contributed by atoms with van der Waals surface area (Å²) in [5, 5.41) is 0.0668. The summed E-state index contributed by atoms with van der Waals surface area (Å²) in [5.41, 5.74) is 5.97. The van der Waals surface area contributed by atoms with Crippen LogP contribution in [0.2, 0.25) is 5.02 Å². The van der Waals surface area contributed by atoms with Crippen LogP contribution in [-0.2, 0) is 21.2 Å². The zero-order valence-corrected chi connectivity index (χ0v) is 13.4.